The highest BCUT2D eigenvalue weighted by Crippen LogP contribution is 2.21. The maximum absolute atomic E-state index is 13.4. The molecule has 1 nitrogen and oxygen atoms in total. The molecule has 0 saturated carbocycles. The second-order valence-electron chi connectivity index (χ2n) is 4.90. The minimum Gasteiger partial charge on any atom is -0.310 e. The van der Waals surface area contributed by atoms with Crippen molar-refractivity contribution in [3.63, 3.8) is 0 Å². The maximum Gasteiger partial charge on any atom is 0.123 e. The van der Waals surface area contributed by atoms with E-state index in [1.165, 1.54) is 11.6 Å². The van der Waals surface area contributed by atoms with Gasteiger partial charge in [-0.2, -0.15) is 0 Å². The summed E-state index contributed by atoms with van der Waals surface area (Å²) < 4.78 is 14.5. The van der Waals surface area contributed by atoms with Gasteiger partial charge in [0.25, 0.3) is 0 Å². The van der Waals surface area contributed by atoms with Crippen molar-refractivity contribution < 1.29 is 4.39 Å². The number of nitrogens with one attached hydrogen (secondary N) is 1. The summed E-state index contributed by atoms with van der Waals surface area (Å²) in [5.41, 5.74) is 2.23. The third-order valence-corrected chi connectivity index (χ3v) is 3.71. The van der Waals surface area contributed by atoms with Gasteiger partial charge in [0.15, 0.2) is 0 Å². The van der Waals surface area contributed by atoms with E-state index in [1.807, 2.05) is 18.2 Å². The first kappa shape index (κ1) is 15.2. The molecular weight excluding hydrogens is 317 g/mol. The molecule has 2 aromatic carbocycles. The van der Waals surface area contributed by atoms with Crippen LogP contribution in [0.25, 0.3) is 0 Å². The molecule has 0 bridgehead atoms. The number of rotatable bonds is 6. The van der Waals surface area contributed by atoms with E-state index in [2.05, 4.69) is 40.3 Å². The van der Waals surface area contributed by atoms with Crippen LogP contribution in [0.1, 0.15) is 30.5 Å². The molecule has 1 N–H and O–H groups in total. The van der Waals surface area contributed by atoms with E-state index in [0.29, 0.717) is 0 Å². The fourth-order valence-electron chi connectivity index (χ4n) is 2.25. The van der Waals surface area contributed by atoms with Gasteiger partial charge in [-0.05, 0) is 54.8 Å². The zero-order chi connectivity index (χ0) is 14.4. The lowest BCUT2D eigenvalue weighted by atomic mass is 9.98. The van der Waals surface area contributed by atoms with Crippen molar-refractivity contribution >= 4 is 15.9 Å². The van der Waals surface area contributed by atoms with Crippen molar-refractivity contribution in [2.75, 3.05) is 6.54 Å². The van der Waals surface area contributed by atoms with Crippen LogP contribution in [-0.4, -0.2) is 6.54 Å². The summed E-state index contributed by atoms with van der Waals surface area (Å²) in [6.07, 6.45) is 1.91. The molecule has 0 aliphatic heterocycles. The largest absolute Gasteiger partial charge is 0.310 e. The first-order valence-corrected chi connectivity index (χ1v) is 7.71. The van der Waals surface area contributed by atoms with Crippen LogP contribution in [0.2, 0.25) is 0 Å². The van der Waals surface area contributed by atoms with Gasteiger partial charge in [-0.25, -0.2) is 4.39 Å². The highest BCUT2D eigenvalue weighted by molar-refractivity contribution is 9.10. The third kappa shape index (κ3) is 4.43. The van der Waals surface area contributed by atoms with Gasteiger partial charge in [-0.1, -0.05) is 47.1 Å². The second kappa shape index (κ2) is 7.55. The molecule has 106 valence electrons. The van der Waals surface area contributed by atoms with Gasteiger partial charge >= 0.3 is 0 Å². The topological polar surface area (TPSA) is 12.0 Å². The van der Waals surface area contributed by atoms with Crippen LogP contribution in [-0.2, 0) is 6.42 Å². The van der Waals surface area contributed by atoms with E-state index in [9.17, 15) is 4.39 Å². The molecule has 20 heavy (non-hydrogen) atoms. The van der Waals surface area contributed by atoms with Crippen LogP contribution in [0.15, 0.2) is 53.0 Å². The zero-order valence-electron chi connectivity index (χ0n) is 11.6. The molecule has 0 heterocycles. The Morgan fingerprint density at radius 2 is 1.95 bits per heavy atom. The van der Waals surface area contributed by atoms with Crippen molar-refractivity contribution in [3.05, 3.63) is 69.9 Å². The van der Waals surface area contributed by atoms with Crippen molar-refractivity contribution in [1.82, 2.24) is 5.32 Å². The summed E-state index contributed by atoms with van der Waals surface area (Å²) in [5.74, 6) is -0.181. The molecule has 2 rings (SSSR count). The van der Waals surface area contributed by atoms with Gasteiger partial charge in [-0.15, -0.1) is 0 Å². The highest BCUT2D eigenvalue weighted by Gasteiger charge is 2.12. The van der Waals surface area contributed by atoms with E-state index in [4.69, 9.17) is 0 Å². The molecular formula is C17H19BrFN. The lowest BCUT2D eigenvalue weighted by Gasteiger charge is -2.19. The summed E-state index contributed by atoms with van der Waals surface area (Å²) in [5, 5.41) is 3.50. The first-order chi connectivity index (χ1) is 9.69. The Balaban J connectivity index is 2.19. The van der Waals surface area contributed by atoms with Crippen LogP contribution in [0.4, 0.5) is 4.39 Å². The van der Waals surface area contributed by atoms with Crippen LogP contribution < -0.4 is 5.32 Å². The van der Waals surface area contributed by atoms with E-state index in [0.717, 1.165) is 29.4 Å². The molecule has 3 heteroatoms. The molecule has 0 aromatic heterocycles. The number of hydrogen-bond acceptors (Lipinski definition) is 1. The second-order valence-corrected chi connectivity index (χ2v) is 5.81. The first-order valence-electron chi connectivity index (χ1n) is 6.92. The van der Waals surface area contributed by atoms with Crippen LogP contribution >= 0.6 is 15.9 Å². The molecule has 0 radical (unpaired) electrons. The molecule has 1 unspecified atom stereocenters. The quantitative estimate of drug-likeness (QED) is 0.793. The lowest BCUT2D eigenvalue weighted by Crippen LogP contribution is -2.24. The fourth-order valence-corrected chi connectivity index (χ4v) is 2.70. The van der Waals surface area contributed by atoms with Gasteiger partial charge in [0, 0.05) is 10.5 Å². The molecule has 0 fully saturated rings. The molecule has 0 aliphatic rings. The molecule has 2 aromatic rings. The minimum absolute atomic E-state index is 0.139. The smallest absolute Gasteiger partial charge is 0.123 e. The van der Waals surface area contributed by atoms with Gasteiger partial charge < -0.3 is 5.32 Å². The van der Waals surface area contributed by atoms with Gasteiger partial charge in [0.05, 0.1) is 0 Å². The Morgan fingerprint density at radius 1 is 1.15 bits per heavy atom. The van der Waals surface area contributed by atoms with Crippen LogP contribution in [0, 0.1) is 5.82 Å². The predicted molar refractivity (Wildman–Crippen MR) is 85.3 cm³/mol. The summed E-state index contributed by atoms with van der Waals surface area (Å²) in [6.45, 7) is 3.06. The van der Waals surface area contributed by atoms with E-state index < -0.39 is 0 Å². The number of halogens is 2. The van der Waals surface area contributed by atoms with Gasteiger partial charge in [-0.3, -0.25) is 0 Å². The summed E-state index contributed by atoms with van der Waals surface area (Å²) in [7, 11) is 0. The molecule has 0 amide bonds. The Morgan fingerprint density at radius 3 is 2.65 bits per heavy atom. The van der Waals surface area contributed by atoms with Gasteiger partial charge in [0.1, 0.15) is 5.82 Å². The SMILES string of the molecule is CCCNC(Cc1cccc(Br)c1)c1cccc(F)c1. The van der Waals surface area contributed by atoms with Crippen molar-refractivity contribution in [2.45, 2.75) is 25.8 Å². The summed E-state index contributed by atoms with van der Waals surface area (Å²) >= 11 is 3.49. The monoisotopic (exact) mass is 335 g/mol. The lowest BCUT2D eigenvalue weighted by molar-refractivity contribution is 0.524. The van der Waals surface area contributed by atoms with E-state index in [1.54, 1.807) is 12.1 Å². The highest BCUT2D eigenvalue weighted by atomic mass is 79.9. The zero-order valence-corrected chi connectivity index (χ0v) is 13.2. The fraction of sp³-hybridized carbons (Fsp3) is 0.294. The predicted octanol–water partition coefficient (Wildman–Crippen LogP) is 4.87. The third-order valence-electron chi connectivity index (χ3n) is 3.22. The van der Waals surface area contributed by atoms with Crippen molar-refractivity contribution in [2.24, 2.45) is 0 Å². The average Bonchev–Trinajstić information content (AvgIpc) is 2.43. The van der Waals surface area contributed by atoms with Crippen LogP contribution in [0.5, 0.6) is 0 Å². The molecule has 0 saturated heterocycles. The Hall–Kier alpha value is -1.19. The number of benzene rings is 2. The Labute approximate surface area is 128 Å². The van der Waals surface area contributed by atoms with Crippen LogP contribution in [0.3, 0.4) is 0 Å². The maximum atomic E-state index is 13.4. The van der Waals surface area contributed by atoms with Gasteiger partial charge in [0.2, 0.25) is 0 Å². The van der Waals surface area contributed by atoms with E-state index in [-0.39, 0.29) is 11.9 Å². The standard InChI is InChI=1S/C17H19BrFN/c1-2-9-20-17(14-6-4-8-16(19)12-14)11-13-5-3-7-15(18)10-13/h3-8,10,12,17,20H,2,9,11H2,1H3. The molecule has 0 spiro atoms. The summed E-state index contributed by atoms with van der Waals surface area (Å²) in [4.78, 5) is 0. The van der Waals surface area contributed by atoms with E-state index >= 15 is 0 Å². The average molecular weight is 336 g/mol. The van der Waals surface area contributed by atoms with Crippen molar-refractivity contribution in [1.29, 1.82) is 0 Å². The van der Waals surface area contributed by atoms with Crippen molar-refractivity contribution in [3.8, 4) is 0 Å². The Bertz CT molecular complexity index is 556. The Kier molecular flexibility index (Phi) is 5.74. The minimum atomic E-state index is -0.181. The normalized spacial score (nSPS) is 12.3. The molecule has 1 atom stereocenters. The molecule has 0 aliphatic carbocycles. The number of hydrogen-bond donors (Lipinski definition) is 1. The summed E-state index contributed by atoms with van der Waals surface area (Å²) in [6, 6.07) is 15.2.